The van der Waals surface area contributed by atoms with E-state index in [-0.39, 0.29) is 19.1 Å². The Kier molecular flexibility index (Phi) is 6.17. The molecule has 2 N–H and O–H groups in total. The fraction of sp³-hybridized carbons (Fsp3) is 0.300. The lowest BCUT2D eigenvalue weighted by Gasteiger charge is -2.14. The summed E-state index contributed by atoms with van der Waals surface area (Å²) in [5.74, 6) is -0.673. The van der Waals surface area contributed by atoms with Crippen molar-refractivity contribution in [1.82, 2.24) is 0 Å². The summed E-state index contributed by atoms with van der Waals surface area (Å²) in [5.41, 5.74) is 5.13. The van der Waals surface area contributed by atoms with Crippen molar-refractivity contribution >= 4 is 23.3 Å². The van der Waals surface area contributed by atoms with Crippen molar-refractivity contribution in [3.8, 4) is 0 Å². The van der Waals surface area contributed by atoms with Crippen molar-refractivity contribution in [3.63, 3.8) is 0 Å². The van der Waals surface area contributed by atoms with Gasteiger partial charge in [0.05, 0.1) is 24.4 Å². The van der Waals surface area contributed by atoms with Crippen LogP contribution in [-0.4, -0.2) is 25.0 Å². The van der Waals surface area contributed by atoms with Crippen molar-refractivity contribution < 1.29 is 14.3 Å². The first-order chi connectivity index (χ1) is 11.9. The highest BCUT2D eigenvalue weighted by molar-refractivity contribution is 6.02. The highest BCUT2D eigenvalue weighted by Crippen LogP contribution is 2.22. The summed E-state index contributed by atoms with van der Waals surface area (Å²) in [5, 5.41) is 5.94. The molecule has 5 heteroatoms. The van der Waals surface area contributed by atoms with Crippen LogP contribution in [0.1, 0.15) is 34.0 Å². The maximum atomic E-state index is 12.3. The third-order valence-corrected chi connectivity index (χ3v) is 3.80. The summed E-state index contributed by atoms with van der Waals surface area (Å²) in [6, 6.07) is 11.0. The van der Waals surface area contributed by atoms with E-state index in [1.165, 1.54) is 5.56 Å². The van der Waals surface area contributed by atoms with E-state index in [2.05, 4.69) is 22.8 Å². The van der Waals surface area contributed by atoms with Crippen LogP contribution >= 0.6 is 0 Å². The van der Waals surface area contributed by atoms with Crippen molar-refractivity contribution in [2.75, 3.05) is 23.8 Å². The molecule has 0 fully saturated rings. The number of para-hydroxylation sites is 1. The van der Waals surface area contributed by atoms with E-state index in [4.69, 9.17) is 4.74 Å². The van der Waals surface area contributed by atoms with Gasteiger partial charge in [-0.15, -0.1) is 0 Å². The van der Waals surface area contributed by atoms with Crippen molar-refractivity contribution in [3.05, 3.63) is 58.7 Å². The molecule has 0 aliphatic carbocycles. The Morgan fingerprint density at radius 3 is 2.32 bits per heavy atom. The monoisotopic (exact) mass is 340 g/mol. The van der Waals surface area contributed by atoms with Gasteiger partial charge in [-0.3, -0.25) is 4.79 Å². The van der Waals surface area contributed by atoms with Gasteiger partial charge < -0.3 is 15.4 Å². The zero-order valence-corrected chi connectivity index (χ0v) is 15.1. The molecule has 0 aliphatic rings. The van der Waals surface area contributed by atoms with Crippen LogP contribution in [-0.2, 0) is 9.53 Å². The van der Waals surface area contributed by atoms with Crippen LogP contribution < -0.4 is 10.6 Å². The minimum Gasteiger partial charge on any atom is -0.462 e. The second-order valence-electron chi connectivity index (χ2n) is 5.94. The first kappa shape index (κ1) is 18.5. The van der Waals surface area contributed by atoms with Gasteiger partial charge in [-0.05, 0) is 51.0 Å². The van der Waals surface area contributed by atoms with Gasteiger partial charge in [-0.1, -0.05) is 29.8 Å². The first-order valence-corrected chi connectivity index (χ1v) is 8.30. The van der Waals surface area contributed by atoms with Crippen LogP contribution in [0.3, 0.4) is 0 Å². The average Bonchev–Trinajstić information content (AvgIpc) is 2.54. The van der Waals surface area contributed by atoms with Crippen LogP contribution in [0, 0.1) is 20.8 Å². The molecule has 132 valence electrons. The van der Waals surface area contributed by atoms with E-state index in [0.717, 1.165) is 16.8 Å². The summed E-state index contributed by atoms with van der Waals surface area (Å²) in [6.45, 7) is 8.21. The zero-order chi connectivity index (χ0) is 18.4. The molecular weight excluding hydrogens is 316 g/mol. The number of hydrogen-bond donors (Lipinski definition) is 2. The molecule has 0 heterocycles. The third kappa shape index (κ3) is 4.83. The van der Waals surface area contributed by atoms with Crippen molar-refractivity contribution in [2.24, 2.45) is 0 Å². The van der Waals surface area contributed by atoms with Gasteiger partial charge in [0.1, 0.15) is 0 Å². The maximum Gasteiger partial charge on any atom is 0.340 e. The van der Waals surface area contributed by atoms with Crippen LogP contribution in [0.15, 0.2) is 36.4 Å². The topological polar surface area (TPSA) is 67.4 Å². The Bertz CT molecular complexity index is 761. The molecule has 0 bridgehead atoms. The predicted octanol–water partition coefficient (Wildman–Crippen LogP) is 3.84. The van der Waals surface area contributed by atoms with Crippen LogP contribution in [0.2, 0.25) is 0 Å². The number of amides is 1. The Labute approximate surface area is 148 Å². The number of anilines is 2. The highest BCUT2D eigenvalue weighted by Gasteiger charge is 2.14. The number of carbonyl (C=O) groups is 2. The van der Waals surface area contributed by atoms with Gasteiger partial charge >= 0.3 is 5.97 Å². The Morgan fingerprint density at radius 1 is 1.04 bits per heavy atom. The van der Waals surface area contributed by atoms with Crippen LogP contribution in [0.25, 0.3) is 0 Å². The second kappa shape index (κ2) is 8.33. The summed E-state index contributed by atoms with van der Waals surface area (Å²) in [4.78, 5) is 24.2. The van der Waals surface area contributed by atoms with E-state index in [9.17, 15) is 9.59 Å². The number of ether oxygens (including phenoxy) is 1. The van der Waals surface area contributed by atoms with Crippen LogP contribution in [0.4, 0.5) is 11.4 Å². The van der Waals surface area contributed by atoms with Gasteiger partial charge in [-0.2, -0.15) is 0 Å². The van der Waals surface area contributed by atoms with E-state index < -0.39 is 5.97 Å². The minimum absolute atomic E-state index is 0.113. The molecule has 5 nitrogen and oxygen atoms in total. The molecule has 0 aliphatic heterocycles. The predicted molar refractivity (Wildman–Crippen MR) is 100 cm³/mol. The SMILES string of the molecule is CCOC(=O)c1ccccc1NC(=O)CNc1c(C)cc(C)cc1C. The highest BCUT2D eigenvalue weighted by atomic mass is 16.5. The standard InChI is InChI=1S/C20H24N2O3/c1-5-25-20(24)16-8-6-7-9-17(16)22-18(23)12-21-19-14(3)10-13(2)11-15(19)4/h6-11,21H,5,12H2,1-4H3,(H,22,23). The number of aryl methyl sites for hydroxylation is 3. The number of benzene rings is 2. The normalized spacial score (nSPS) is 10.2. The van der Waals surface area contributed by atoms with Gasteiger partial charge in [0, 0.05) is 5.69 Å². The van der Waals surface area contributed by atoms with E-state index in [1.807, 2.05) is 20.8 Å². The fourth-order valence-corrected chi connectivity index (χ4v) is 2.80. The quantitative estimate of drug-likeness (QED) is 0.784. The van der Waals surface area contributed by atoms with Crippen LogP contribution in [0.5, 0.6) is 0 Å². The smallest absolute Gasteiger partial charge is 0.340 e. The summed E-state index contributed by atoms with van der Waals surface area (Å²) in [6.07, 6.45) is 0. The fourth-order valence-electron chi connectivity index (χ4n) is 2.80. The Morgan fingerprint density at radius 2 is 1.68 bits per heavy atom. The maximum absolute atomic E-state index is 12.3. The molecular formula is C20H24N2O3. The van der Waals surface area contributed by atoms with Gasteiger partial charge in [-0.25, -0.2) is 4.79 Å². The molecule has 0 unspecified atom stereocenters. The number of hydrogen-bond acceptors (Lipinski definition) is 4. The molecule has 25 heavy (non-hydrogen) atoms. The molecule has 0 atom stereocenters. The summed E-state index contributed by atoms with van der Waals surface area (Å²) < 4.78 is 5.02. The molecule has 2 aromatic carbocycles. The lowest BCUT2D eigenvalue weighted by Crippen LogP contribution is -2.23. The molecule has 2 aromatic rings. The number of esters is 1. The molecule has 0 radical (unpaired) electrons. The summed E-state index contributed by atoms with van der Waals surface area (Å²) in [7, 11) is 0. The summed E-state index contributed by atoms with van der Waals surface area (Å²) >= 11 is 0. The number of rotatable bonds is 6. The largest absolute Gasteiger partial charge is 0.462 e. The second-order valence-corrected chi connectivity index (χ2v) is 5.94. The molecule has 0 spiro atoms. The Hall–Kier alpha value is -2.82. The number of nitrogens with one attached hydrogen (secondary N) is 2. The number of carbonyl (C=O) groups excluding carboxylic acids is 2. The molecule has 0 aromatic heterocycles. The van der Waals surface area contributed by atoms with E-state index in [1.54, 1.807) is 31.2 Å². The lowest BCUT2D eigenvalue weighted by molar-refractivity contribution is -0.114. The third-order valence-electron chi connectivity index (χ3n) is 3.80. The van der Waals surface area contributed by atoms with E-state index >= 15 is 0 Å². The van der Waals surface area contributed by atoms with Gasteiger partial charge in [0.15, 0.2) is 0 Å². The van der Waals surface area contributed by atoms with Gasteiger partial charge in [0.25, 0.3) is 0 Å². The Balaban J connectivity index is 2.06. The molecule has 0 saturated carbocycles. The molecule has 2 rings (SSSR count). The first-order valence-electron chi connectivity index (χ1n) is 8.30. The average molecular weight is 340 g/mol. The van der Waals surface area contributed by atoms with Gasteiger partial charge in [0.2, 0.25) is 5.91 Å². The molecule has 0 saturated heterocycles. The van der Waals surface area contributed by atoms with Crippen molar-refractivity contribution in [1.29, 1.82) is 0 Å². The zero-order valence-electron chi connectivity index (χ0n) is 15.1. The van der Waals surface area contributed by atoms with E-state index in [0.29, 0.717) is 11.3 Å². The molecule has 1 amide bonds. The minimum atomic E-state index is -0.448. The lowest BCUT2D eigenvalue weighted by atomic mass is 10.1. The van der Waals surface area contributed by atoms with Crippen molar-refractivity contribution in [2.45, 2.75) is 27.7 Å².